The topological polar surface area (TPSA) is 75.7 Å². The first-order valence-corrected chi connectivity index (χ1v) is 4.20. The minimum Gasteiger partial charge on any atom is -0.481 e. The van der Waals surface area contributed by atoms with Crippen LogP contribution in [0.4, 0.5) is 0 Å². The highest BCUT2D eigenvalue weighted by atomic mass is 32.2. The van der Waals surface area contributed by atoms with E-state index in [-0.39, 0.29) is 6.42 Å². The Morgan fingerprint density at radius 3 is 3.00 bits per heavy atom. The molecule has 0 aromatic carbocycles. The molecule has 1 rings (SSSR count). The molecule has 1 aliphatic heterocycles. The van der Waals surface area contributed by atoms with Gasteiger partial charge in [0.25, 0.3) is 0 Å². The number of nitrogens with two attached hydrogens (primary N) is 1. The minimum absolute atomic E-state index is 0.0562. The van der Waals surface area contributed by atoms with Gasteiger partial charge in [0.15, 0.2) is 5.17 Å². The minimum atomic E-state index is -0.827. The molecule has 1 unspecified atom stereocenters. The number of aliphatic carboxylic acids is 1. The smallest absolute Gasteiger partial charge is 0.305 e. The highest BCUT2D eigenvalue weighted by Gasteiger charge is 2.31. The van der Waals surface area contributed by atoms with Crippen molar-refractivity contribution in [2.45, 2.75) is 18.9 Å². The first-order chi connectivity index (χ1) is 5.02. The zero-order valence-electron chi connectivity index (χ0n) is 6.20. The summed E-state index contributed by atoms with van der Waals surface area (Å²) in [5, 5.41) is 9.00. The lowest BCUT2D eigenvalue weighted by atomic mass is 10.0. The highest BCUT2D eigenvalue weighted by molar-refractivity contribution is 8.14. The van der Waals surface area contributed by atoms with Gasteiger partial charge in [-0.15, -0.1) is 0 Å². The first kappa shape index (κ1) is 8.39. The Hall–Kier alpha value is -0.710. The first-order valence-electron chi connectivity index (χ1n) is 3.22. The lowest BCUT2D eigenvalue weighted by molar-refractivity contribution is -0.138. The molecular formula is C6H10N2O2S. The molecule has 5 heteroatoms. The molecule has 0 saturated carbocycles. The van der Waals surface area contributed by atoms with Crippen molar-refractivity contribution in [3.05, 3.63) is 0 Å². The van der Waals surface area contributed by atoms with Crippen molar-refractivity contribution in [3.63, 3.8) is 0 Å². The maximum atomic E-state index is 10.3. The maximum Gasteiger partial charge on any atom is 0.305 e. The fourth-order valence-corrected chi connectivity index (χ4v) is 1.89. The molecule has 0 bridgehead atoms. The van der Waals surface area contributed by atoms with Gasteiger partial charge in [-0.1, -0.05) is 11.8 Å². The van der Waals surface area contributed by atoms with Crippen molar-refractivity contribution in [1.82, 2.24) is 0 Å². The monoisotopic (exact) mass is 174 g/mol. The van der Waals surface area contributed by atoms with Crippen molar-refractivity contribution >= 4 is 22.9 Å². The van der Waals surface area contributed by atoms with Gasteiger partial charge in [0.2, 0.25) is 0 Å². The van der Waals surface area contributed by atoms with Crippen LogP contribution in [0.15, 0.2) is 4.99 Å². The molecule has 0 aromatic heterocycles. The van der Waals surface area contributed by atoms with Crippen molar-refractivity contribution in [1.29, 1.82) is 0 Å². The van der Waals surface area contributed by atoms with Gasteiger partial charge in [0.1, 0.15) is 0 Å². The normalized spacial score (nSPS) is 30.1. The molecule has 0 spiro atoms. The number of carboxylic acid groups (broad SMARTS) is 1. The third kappa shape index (κ3) is 2.11. The van der Waals surface area contributed by atoms with E-state index >= 15 is 0 Å². The lowest BCUT2D eigenvalue weighted by Crippen LogP contribution is -2.26. The quantitative estimate of drug-likeness (QED) is 0.630. The summed E-state index contributed by atoms with van der Waals surface area (Å²) >= 11 is 1.41. The Kier molecular flexibility index (Phi) is 2.08. The molecule has 62 valence electrons. The van der Waals surface area contributed by atoms with Crippen LogP contribution in [-0.2, 0) is 4.79 Å². The molecule has 0 fully saturated rings. The van der Waals surface area contributed by atoms with Crippen molar-refractivity contribution < 1.29 is 9.90 Å². The van der Waals surface area contributed by atoms with E-state index in [4.69, 9.17) is 10.8 Å². The van der Waals surface area contributed by atoms with Crippen LogP contribution in [0.5, 0.6) is 0 Å². The van der Waals surface area contributed by atoms with Crippen LogP contribution in [0.2, 0.25) is 0 Å². The Balaban J connectivity index is 2.62. The van der Waals surface area contributed by atoms with E-state index in [0.717, 1.165) is 0 Å². The summed E-state index contributed by atoms with van der Waals surface area (Å²) in [7, 11) is 0. The van der Waals surface area contributed by atoms with Gasteiger partial charge < -0.3 is 10.8 Å². The SMILES string of the molecule is CC1(CC(=O)O)CSC(N)=N1. The van der Waals surface area contributed by atoms with E-state index in [9.17, 15) is 4.79 Å². The number of hydrogen-bond donors (Lipinski definition) is 2. The van der Waals surface area contributed by atoms with Crippen LogP contribution >= 0.6 is 11.8 Å². The number of nitrogens with zero attached hydrogens (tertiary/aromatic N) is 1. The largest absolute Gasteiger partial charge is 0.481 e. The van der Waals surface area contributed by atoms with Crippen molar-refractivity contribution in [2.24, 2.45) is 10.7 Å². The van der Waals surface area contributed by atoms with Crippen LogP contribution in [0, 0.1) is 0 Å². The van der Waals surface area contributed by atoms with Crippen LogP contribution in [0.25, 0.3) is 0 Å². The molecule has 11 heavy (non-hydrogen) atoms. The van der Waals surface area contributed by atoms with Gasteiger partial charge >= 0.3 is 5.97 Å². The summed E-state index contributed by atoms with van der Waals surface area (Å²) in [6, 6.07) is 0. The van der Waals surface area contributed by atoms with Crippen LogP contribution in [0.1, 0.15) is 13.3 Å². The fraction of sp³-hybridized carbons (Fsp3) is 0.667. The number of amidine groups is 1. The second-order valence-electron chi connectivity index (χ2n) is 2.81. The second kappa shape index (κ2) is 2.73. The van der Waals surface area contributed by atoms with Crippen molar-refractivity contribution in [3.8, 4) is 0 Å². The number of carboxylic acids is 1. The summed E-state index contributed by atoms with van der Waals surface area (Å²) in [6.07, 6.45) is 0.0562. The number of thioether (sulfide) groups is 1. The van der Waals surface area contributed by atoms with Gasteiger partial charge in [-0.05, 0) is 6.92 Å². The maximum absolute atomic E-state index is 10.3. The summed E-state index contributed by atoms with van der Waals surface area (Å²) in [6.45, 7) is 1.80. The fourth-order valence-electron chi connectivity index (χ4n) is 0.976. The molecule has 1 atom stereocenters. The van der Waals surface area contributed by atoms with E-state index in [0.29, 0.717) is 10.9 Å². The molecule has 0 radical (unpaired) electrons. The van der Waals surface area contributed by atoms with Gasteiger partial charge in [0.05, 0.1) is 12.0 Å². The van der Waals surface area contributed by atoms with E-state index < -0.39 is 11.5 Å². The van der Waals surface area contributed by atoms with Crippen molar-refractivity contribution in [2.75, 3.05) is 5.75 Å². The van der Waals surface area contributed by atoms with Gasteiger partial charge in [-0.25, -0.2) is 0 Å². The van der Waals surface area contributed by atoms with Crippen LogP contribution in [-0.4, -0.2) is 27.5 Å². The van der Waals surface area contributed by atoms with E-state index in [1.165, 1.54) is 11.8 Å². The predicted molar refractivity (Wildman–Crippen MR) is 44.7 cm³/mol. The molecule has 4 nitrogen and oxygen atoms in total. The number of rotatable bonds is 2. The van der Waals surface area contributed by atoms with Crippen LogP contribution in [0.3, 0.4) is 0 Å². The predicted octanol–water partition coefficient (Wildman–Crippen LogP) is 0.281. The second-order valence-corrected chi connectivity index (χ2v) is 3.80. The zero-order valence-corrected chi connectivity index (χ0v) is 7.02. The van der Waals surface area contributed by atoms with Crippen LogP contribution < -0.4 is 5.73 Å². The Morgan fingerprint density at radius 2 is 2.64 bits per heavy atom. The number of aliphatic imine (C=N–C) groups is 1. The van der Waals surface area contributed by atoms with Gasteiger partial charge in [-0.2, -0.15) is 0 Å². The molecule has 1 heterocycles. The zero-order chi connectivity index (χ0) is 8.48. The highest BCUT2D eigenvalue weighted by Crippen LogP contribution is 2.28. The molecule has 3 N–H and O–H groups in total. The average Bonchev–Trinajstić information content (AvgIpc) is 2.08. The Morgan fingerprint density at radius 1 is 2.00 bits per heavy atom. The molecule has 0 aliphatic carbocycles. The standard InChI is InChI=1S/C6H10N2O2S/c1-6(2-4(9)10)3-11-5(7)8-6/h2-3H2,1H3,(H2,7,8)(H,9,10). The summed E-state index contributed by atoms with van der Waals surface area (Å²) in [5.74, 6) is -0.156. The molecule has 0 saturated heterocycles. The lowest BCUT2D eigenvalue weighted by Gasteiger charge is -2.15. The molecule has 0 amide bonds. The third-order valence-electron chi connectivity index (χ3n) is 1.44. The number of carbonyl (C=O) groups is 1. The summed E-state index contributed by atoms with van der Waals surface area (Å²) in [5.41, 5.74) is 4.92. The van der Waals surface area contributed by atoms with Gasteiger partial charge in [0, 0.05) is 5.75 Å². The Labute approximate surface area is 68.9 Å². The van der Waals surface area contributed by atoms with E-state index in [2.05, 4.69) is 4.99 Å². The third-order valence-corrected chi connectivity index (χ3v) is 2.60. The molecule has 0 aromatic rings. The summed E-state index contributed by atoms with van der Waals surface area (Å²) in [4.78, 5) is 14.4. The molecular weight excluding hydrogens is 164 g/mol. The average molecular weight is 174 g/mol. The Bertz CT molecular complexity index is 217. The van der Waals surface area contributed by atoms with Gasteiger partial charge in [-0.3, -0.25) is 9.79 Å². The van der Waals surface area contributed by atoms with E-state index in [1.807, 2.05) is 0 Å². The summed E-state index contributed by atoms with van der Waals surface area (Å²) < 4.78 is 0. The molecule has 1 aliphatic rings. The van der Waals surface area contributed by atoms with E-state index in [1.54, 1.807) is 6.92 Å². The number of hydrogen-bond acceptors (Lipinski definition) is 4.